The van der Waals surface area contributed by atoms with Gasteiger partial charge >= 0.3 is 0 Å². The third-order valence-corrected chi connectivity index (χ3v) is 3.67. The van der Waals surface area contributed by atoms with E-state index in [0.717, 1.165) is 4.47 Å². The van der Waals surface area contributed by atoms with Crippen LogP contribution in [0.25, 0.3) is 0 Å². The molecule has 0 saturated carbocycles. The van der Waals surface area contributed by atoms with Gasteiger partial charge in [-0.2, -0.15) is 0 Å². The van der Waals surface area contributed by atoms with Crippen LogP contribution in [0.1, 0.15) is 28.3 Å². The van der Waals surface area contributed by atoms with Crippen LogP contribution in [0.4, 0.5) is 0 Å². The Kier molecular flexibility index (Phi) is 4.15. The highest BCUT2D eigenvalue weighted by molar-refractivity contribution is 9.10. The van der Waals surface area contributed by atoms with Crippen LogP contribution in [0.3, 0.4) is 0 Å². The monoisotopic (exact) mass is 304 g/mol. The lowest BCUT2D eigenvalue weighted by atomic mass is 9.98. The van der Waals surface area contributed by atoms with Crippen molar-refractivity contribution in [1.29, 1.82) is 0 Å². The zero-order chi connectivity index (χ0) is 13.1. The van der Waals surface area contributed by atoms with Crippen molar-refractivity contribution in [2.45, 2.75) is 19.9 Å². The summed E-state index contributed by atoms with van der Waals surface area (Å²) >= 11 is 3.64. The van der Waals surface area contributed by atoms with Crippen LogP contribution in [0.2, 0.25) is 0 Å². The van der Waals surface area contributed by atoms with Gasteiger partial charge in [0.25, 0.3) is 0 Å². The van der Waals surface area contributed by atoms with Gasteiger partial charge in [0.2, 0.25) is 0 Å². The molecule has 2 rings (SSSR count). The van der Waals surface area contributed by atoms with Crippen LogP contribution in [0.15, 0.2) is 41.1 Å². The average Bonchev–Trinajstić information content (AvgIpc) is 2.33. The van der Waals surface area contributed by atoms with E-state index < -0.39 is 0 Å². The first kappa shape index (κ1) is 13.2. The molecule has 0 fully saturated rings. The number of aromatic nitrogens is 1. The second-order valence-corrected chi connectivity index (χ2v) is 5.40. The molecule has 0 bridgehead atoms. The summed E-state index contributed by atoms with van der Waals surface area (Å²) in [6, 6.07) is 8.76. The molecule has 1 aromatic heterocycles. The number of hydrogen-bond donors (Lipinski definition) is 1. The van der Waals surface area contributed by atoms with Gasteiger partial charge in [0.05, 0.1) is 6.04 Å². The predicted octanol–water partition coefficient (Wildman–Crippen LogP) is 3.77. The largest absolute Gasteiger partial charge is 0.309 e. The van der Waals surface area contributed by atoms with Gasteiger partial charge in [-0.25, -0.2) is 0 Å². The molecule has 0 spiro atoms. The van der Waals surface area contributed by atoms with Crippen molar-refractivity contribution in [3.63, 3.8) is 0 Å². The summed E-state index contributed by atoms with van der Waals surface area (Å²) in [4.78, 5) is 4.27. The minimum absolute atomic E-state index is 0.160. The second-order valence-electron chi connectivity index (χ2n) is 4.54. The number of nitrogens with one attached hydrogen (secondary N) is 1. The molecule has 0 aliphatic rings. The average molecular weight is 305 g/mol. The summed E-state index contributed by atoms with van der Waals surface area (Å²) in [6.45, 7) is 4.16. The van der Waals surface area contributed by atoms with Crippen molar-refractivity contribution in [1.82, 2.24) is 10.3 Å². The molecule has 1 atom stereocenters. The van der Waals surface area contributed by atoms with Gasteiger partial charge in [0.1, 0.15) is 0 Å². The number of pyridine rings is 1. The fourth-order valence-electron chi connectivity index (χ4n) is 2.10. The molecule has 0 aliphatic carbocycles. The van der Waals surface area contributed by atoms with Crippen LogP contribution in [-0.4, -0.2) is 12.0 Å². The molecule has 0 saturated heterocycles. The van der Waals surface area contributed by atoms with E-state index in [0.29, 0.717) is 0 Å². The summed E-state index contributed by atoms with van der Waals surface area (Å²) in [6.07, 6.45) is 3.79. The maximum absolute atomic E-state index is 4.27. The Morgan fingerprint density at radius 2 is 1.89 bits per heavy atom. The lowest BCUT2D eigenvalue weighted by molar-refractivity contribution is 0.685. The van der Waals surface area contributed by atoms with Gasteiger partial charge in [-0.3, -0.25) is 4.98 Å². The molecule has 1 N–H and O–H groups in total. The highest BCUT2D eigenvalue weighted by Gasteiger charge is 2.15. The van der Waals surface area contributed by atoms with E-state index in [2.05, 4.69) is 64.3 Å². The highest BCUT2D eigenvalue weighted by Crippen LogP contribution is 2.29. The summed E-state index contributed by atoms with van der Waals surface area (Å²) in [7, 11) is 1.97. The molecule has 0 radical (unpaired) electrons. The van der Waals surface area contributed by atoms with Crippen molar-refractivity contribution in [2.24, 2.45) is 0 Å². The van der Waals surface area contributed by atoms with E-state index in [4.69, 9.17) is 0 Å². The normalized spacial score (nSPS) is 12.4. The van der Waals surface area contributed by atoms with Gasteiger partial charge < -0.3 is 5.32 Å². The minimum Gasteiger partial charge on any atom is -0.309 e. The molecular weight excluding hydrogens is 288 g/mol. The first-order valence-corrected chi connectivity index (χ1v) is 6.76. The summed E-state index contributed by atoms with van der Waals surface area (Å²) in [5.41, 5.74) is 4.84. The lowest BCUT2D eigenvalue weighted by Gasteiger charge is -2.19. The van der Waals surface area contributed by atoms with Crippen molar-refractivity contribution in [3.05, 3.63) is 63.4 Å². The molecular formula is C15H17BrN2. The van der Waals surface area contributed by atoms with Gasteiger partial charge in [-0.15, -0.1) is 0 Å². The van der Waals surface area contributed by atoms with E-state index in [1.54, 1.807) is 0 Å². The van der Waals surface area contributed by atoms with E-state index >= 15 is 0 Å². The standard InChI is InChI=1S/C15H17BrN2/c1-10-4-5-13(14(16)7-10)15(17-3)12-6-11(2)8-18-9-12/h4-9,15,17H,1-3H3. The molecule has 1 heterocycles. The Hall–Kier alpha value is -1.19. The second kappa shape index (κ2) is 5.63. The van der Waals surface area contributed by atoms with Crippen LogP contribution in [0.5, 0.6) is 0 Å². The van der Waals surface area contributed by atoms with Gasteiger partial charge in [0.15, 0.2) is 0 Å². The molecule has 1 aromatic carbocycles. The van der Waals surface area contributed by atoms with E-state index in [1.165, 1.54) is 22.3 Å². The van der Waals surface area contributed by atoms with Gasteiger partial charge in [-0.05, 0) is 49.2 Å². The molecule has 1 unspecified atom stereocenters. The molecule has 2 nitrogen and oxygen atoms in total. The van der Waals surface area contributed by atoms with Gasteiger partial charge in [-0.1, -0.05) is 34.1 Å². The first-order valence-electron chi connectivity index (χ1n) is 5.96. The number of aryl methyl sites for hydroxylation is 2. The Bertz CT molecular complexity index is 552. The topological polar surface area (TPSA) is 24.9 Å². The Morgan fingerprint density at radius 3 is 2.50 bits per heavy atom. The zero-order valence-electron chi connectivity index (χ0n) is 10.9. The Balaban J connectivity index is 2.45. The van der Waals surface area contributed by atoms with Crippen molar-refractivity contribution >= 4 is 15.9 Å². The highest BCUT2D eigenvalue weighted by atomic mass is 79.9. The van der Waals surface area contributed by atoms with Crippen LogP contribution in [-0.2, 0) is 0 Å². The maximum Gasteiger partial charge on any atom is 0.0600 e. The third-order valence-electron chi connectivity index (χ3n) is 2.99. The number of nitrogens with zero attached hydrogens (tertiary/aromatic N) is 1. The molecule has 3 heteroatoms. The SMILES string of the molecule is CNC(c1cncc(C)c1)c1ccc(C)cc1Br. The summed E-state index contributed by atoms with van der Waals surface area (Å²) < 4.78 is 1.13. The Labute approximate surface area is 117 Å². The van der Waals surface area contributed by atoms with Crippen molar-refractivity contribution in [2.75, 3.05) is 7.05 Å². The summed E-state index contributed by atoms with van der Waals surface area (Å²) in [5, 5.41) is 3.35. The van der Waals surface area contributed by atoms with E-state index in [9.17, 15) is 0 Å². The third kappa shape index (κ3) is 2.79. The predicted molar refractivity (Wildman–Crippen MR) is 78.8 cm³/mol. The van der Waals surface area contributed by atoms with Crippen LogP contribution in [0, 0.1) is 13.8 Å². The molecule has 94 valence electrons. The molecule has 0 amide bonds. The van der Waals surface area contributed by atoms with Crippen LogP contribution >= 0.6 is 15.9 Å². The zero-order valence-corrected chi connectivity index (χ0v) is 12.5. The maximum atomic E-state index is 4.27. The lowest BCUT2D eigenvalue weighted by Crippen LogP contribution is -2.18. The van der Waals surface area contributed by atoms with E-state index in [1.807, 2.05) is 19.4 Å². The van der Waals surface area contributed by atoms with Crippen molar-refractivity contribution in [3.8, 4) is 0 Å². The number of benzene rings is 1. The minimum atomic E-state index is 0.160. The van der Waals surface area contributed by atoms with E-state index in [-0.39, 0.29) is 6.04 Å². The molecule has 18 heavy (non-hydrogen) atoms. The fourth-order valence-corrected chi connectivity index (χ4v) is 2.83. The molecule has 0 aliphatic heterocycles. The smallest absolute Gasteiger partial charge is 0.0600 e. The Morgan fingerprint density at radius 1 is 1.11 bits per heavy atom. The fraction of sp³-hybridized carbons (Fsp3) is 0.267. The quantitative estimate of drug-likeness (QED) is 0.933. The number of halogens is 1. The number of rotatable bonds is 3. The number of hydrogen-bond acceptors (Lipinski definition) is 2. The van der Waals surface area contributed by atoms with Crippen molar-refractivity contribution < 1.29 is 0 Å². The molecule has 2 aromatic rings. The summed E-state index contributed by atoms with van der Waals surface area (Å²) in [5.74, 6) is 0. The first-order chi connectivity index (χ1) is 8.61. The van der Waals surface area contributed by atoms with Crippen LogP contribution < -0.4 is 5.32 Å². The van der Waals surface area contributed by atoms with Gasteiger partial charge in [0, 0.05) is 16.9 Å².